The molecule has 2 aliphatic heterocycles. The second kappa shape index (κ2) is 13.4. The van der Waals surface area contributed by atoms with E-state index in [0.29, 0.717) is 60.9 Å². The Kier molecular flexibility index (Phi) is 9.97. The fourth-order valence-electron chi connectivity index (χ4n) is 4.74. The normalized spacial score (nSPS) is 17.1. The molecule has 0 atom stereocenters. The van der Waals surface area contributed by atoms with Crippen molar-refractivity contribution in [2.45, 2.75) is 25.7 Å². The minimum atomic E-state index is -2.90. The molecule has 4 heterocycles. The van der Waals surface area contributed by atoms with Gasteiger partial charge in [-0.15, -0.1) is 0 Å². The Hall–Kier alpha value is -3.52. The van der Waals surface area contributed by atoms with E-state index in [2.05, 4.69) is 21.7 Å². The summed E-state index contributed by atoms with van der Waals surface area (Å²) in [5.74, 6) is 0.167. The number of methoxy groups -OCH3 is 3. The Morgan fingerprint density at radius 3 is 2.71 bits per heavy atom. The quantitative estimate of drug-likeness (QED) is 0.236. The zero-order chi connectivity index (χ0) is 29.6. The molecule has 1 saturated heterocycles. The third-order valence-electron chi connectivity index (χ3n) is 6.81. The third kappa shape index (κ3) is 7.22. The van der Waals surface area contributed by atoms with Gasteiger partial charge in [-0.1, -0.05) is 0 Å². The van der Waals surface area contributed by atoms with Crippen molar-refractivity contribution in [3.05, 3.63) is 40.7 Å². The zero-order valence-corrected chi connectivity index (χ0v) is 24.1. The van der Waals surface area contributed by atoms with E-state index in [0.717, 1.165) is 5.56 Å². The average molecular weight is 590 g/mol. The van der Waals surface area contributed by atoms with E-state index in [1.165, 1.54) is 25.3 Å². The molecule has 0 radical (unpaired) electrons. The molecule has 4 N–H and O–H groups in total. The molecule has 3 amide bonds. The summed E-state index contributed by atoms with van der Waals surface area (Å²) in [5.41, 5.74) is 2.78. The van der Waals surface area contributed by atoms with Crippen LogP contribution in [0.2, 0.25) is 0 Å². The highest BCUT2D eigenvalue weighted by molar-refractivity contribution is 8.24. The fraction of sp³-hybridized carbons (Fsp3) is 0.500. The number of carbonyl (C=O) groups is 2. The van der Waals surface area contributed by atoms with Crippen molar-refractivity contribution in [2.75, 3.05) is 74.6 Å². The van der Waals surface area contributed by atoms with E-state index >= 15 is 0 Å². The number of nitriles is 1. The molecule has 41 heavy (non-hydrogen) atoms. The van der Waals surface area contributed by atoms with Crippen LogP contribution in [-0.4, -0.2) is 95.0 Å². The van der Waals surface area contributed by atoms with Crippen LogP contribution in [0, 0.1) is 11.3 Å². The van der Waals surface area contributed by atoms with Crippen LogP contribution in [0.4, 0.5) is 22.1 Å². The van der Waals surface area contributed by atoms with Crippen molar-refractivity contribution in [1.29, 1.82) is 5.26 Å². The molecule has 2 aromatic rings. The first kappa shape index (κ1) is 30.4. The lowest BCUT2D eigenvalue weighted by Crippen LogP contribution is -2.43. The first-order valence-corrected chi connectivity index (χ1v) is 14.9. The van der Waals surface area contributed by atoms with Crippen LogP contribution in [0.3, 0.4) is 0 Å². The topological polar surface area (TPSA) is 182 Å². The number of nitrogens with zero attached hydrogens (tertiary/aromatic N) is 5. The predicted molar refractivity (Wildman–Crippen MR) is 153 cm³/mol. The number of amides is 3. The molecular weight excluding hydrogens is 554 g/mol. The highest BCUT2D eigenvalue weighted by Crippen LogP contribution is 2.41. The molecule has 2 aromatic heterocycles. The molecule has 0 aromatic carbocycles. The van der Waals surface area contributed by atoms with Gasteiger partial charge < -0.3 is 24.4 Å². The van der Waals surface area contributed by atoms with Gasteiger partial charge in [-0.25, -0.2) is 14.8 Å². The van der Waals surface area contributed by atoms with E-state index in [1.54, 1.807) is 18.1 Å². The number of carbonyl (C=O) groups excluding carboxylic acids is 2. The second-order valence-electron chi connectivity index (χ2n) is 9.62. The zero-order valence-electron chi connectivity index (χ0n) is 23.3. The molecule has 15 heteroatoms. The van der Waals surface area contributed by atoms with Crippen molar-refractivity contribution in [3.8, 4) is 6.07 Å². The molecule has 2 aliphatic rings. The Labute approximate surface area is 239 Å². The lowest BCUT2D eigenvalue weighted by Gasteiger charge is -2.40. The van der Waals surface area contributed by atoms with Gasteiger partial charge in [0.15, 0.2) is 0 Å². The number of nitrogens with one attached hydrogen (secondary N) is 2. The van der Waals surface area contributed by atoms with Crippen molar-refractivity contribution in [2.24, 2.45) is 0 Å². The largest absolute Gasteiger partial charge is 0.383 e. The van der Waals surface area contributed by atoms with Crippen LogP contribution in [0.1, 0.15) is 35.1 Å². The van der Waals surface area contributed by atoms with E-state index in [1.807, 2.05) is 6.07 Å². The van der Waals surface area contributed by atoms with Gasteiger partial charge in [-0.2, -0.15) is 15.9 Å². The Morgan fingerprint density at radius 1 is 1.24 bits per heavy atom. The van der Waals surface area contributed by atoms with Crippen molar-refractivity contribution in [3.63, 3.8) is 0 Å². The van der Waals surface area contributed by atoms with Gasteiger partial charge in [0.05, 0.1) is 23.6 Å². The fourth-order valence-corrected chi connectivity index (χ4v) is 5.98. The molecule has 222 valence electrons. The van der Waals surface area contributed by atoms with Gasteiger partial charge in [-0.3, -0.25) is 24.1 Å². The lowest BCUT2D eigenvalue weighted by atomic mass is 10.0. The minimum absolute atomic E-state index is 0.116. The summed E-state index contributed by atoms with van der Waals surface area (Å²) < 4.78 is 35.9. The van der Waals surface area contributed by atoms with Crippen LogP contribution >= 0.6 is 10.6 Å². The molecule has 0 spiro atoms. The van der Waals surface area contributed by atoms with E-state index < -0.39 is 22.9 Å². The van der Waals surface area contributed by atoms with Gasteiger partial charge in [0.2, 0.25) is 12.2 Å². The molecule has 14 nitrogen and oxygen atoms in total. The number of aryl methyl sites for hydroxylation is 1. The summed E-state index contributed by atoms with van der Waals surface area (Å²) in [5, 5.41) is 15.3. The SMILES string of the molecule is COCCNc1cc(NC(=O)N2CCCc3cc(CN4CCS(O)(O)CC4=O)c(C(OC)OC)nc32)ncc1C#N. The first-order chi connectivity index (χ1) is 19.7. The van der Waals surface area contributed by atoms with Gasteiger partial charge in [-0.05, 0) is 30.0 Å². The average Bonchev–Trinajstić information content (AvgIpc) is 2.95. The number of rotatable bonds is 10. The number of pyridine rings is 2. The second-order valence-corrected chi connectivity index (χ2v) is 11.9. The molecule has 0 unspecified atom stereocenters. The number of hydrogen-bond donors (Lipinski definition) is 4. The van der Waals surface area contributed by atoms with Crippen LogP contribution < -0.4 is 15.5 Å². The maximum atomic E-state index is 13.5. The van der Waals surface area contributed by atoms with Gasteiger partial charge in [0.1, 0.15) is 29.2 Å². The first-order valence-electron chi connectivity index (χ1n) is 13.0. The standard InChI is InChI=1S/C26H35N7O7S/c1-38-9-6-28-20-12-21(29-14-19(20)13-27)30-26(35)33-7-4-5-17-11-18(23(31-24(17)33)25(39-2)40-3)15-32-8-10-41(36,37)16-22(32)34/h11-12,14,25,36-37H,4-10,15-16H2,1-3H3,(H2,28,29,30,35). The number of urea groups is 1. The summed E-state index contributed by atoms with van der Waals surface area (Å²) >= 11 is 0. The van der Waals surface area contributed by atoms with E-state index in [-0.39, 0.29) is 36.3 Å². The van der Waals surface area contributed by atoms with Gasteiger partial charge >= 0.3 is 6.03 Å². The minimum Gasteiger partial charge on any atom is -0.383 e. The number of ether oxygens (including phenoxy) is 3. The summed E-state index contributed by atoms with van der Waals surface area (Å²) in [4.78, 5) is 38.2. The van der Waals surface area contributed by atoms with Crippen LogP contribution in [0.15, 0.2) is 18.3 Å². The molecule has 1 fully saturated rings. The Balaban J connectivity index is 1.60. The molecule has 0 aliphatic carbocycles. The molecule has 4 rings (SSSR count). The third-order valence-corrected chi connectivity index (χ3v) is 8.35. The number of aromatic nitrogens is 2. The smallest absolute Gasteiger partial charge is 0.328 e. The van der Waals surface area contributed by atoms with Crippen molar-refractivity contribution in [1.82, 2.24) is 14.9 Å². The molecular formula is C26H35N7O7S. The number of anilines is 3. The van der Waals surface area contributed by atoms with Gasteiger partial charge in [0, 0.05) is 59.8 Å². The highest BCUT2D eigenvalue weighted by atomic mass is 32.3. The van der Waals surface area contributed by atoms with Gasteiger partial charge in [0.25, 0.3) is 0 Å². The van der Waals surface area contributed by atoms with Crippen LogP contribution in [0.25, 0.3) is 0 Å². The van der Waals surface area contributed by atoms with Crippen molar-refractivity contribution >= 4 is 39.9 Å². The van der Waals surface area contributed by atoms with Crippen LogP contribution in [-0.2, 0) is 32.0 Å². The maximum Gasteiger partial charge on any atom is 0.328 e. The summed E-state index contributed by atoms with van der Waals surface area (Å²) in [6.07, 6.45) is 1.89. The molecule has 0 saturated carbocycles. The predicted octanol–water partition coefficient (Wildman–Crippen LogP) is 2.78. The lowest BCUT2D eigenvalue weighted by molar-refractivity contribution is -0.129. The van der Waals surface area contributed by atoms with E-state index in [4.69, 9.17) is 19.2 Å². The number of fused-ring (bicyclic) bond motifs is 1. The monoisotopic (exact) mass is 589 g/mol. The summed E-state index contributed by atoms with van der Waals surface area (Å²) in [6, 6.07) is 5.13. The molecule has 0 bridgehead atoms. The maximum absolute atomic E-state index is 13.5. The number of hydrogen-bond acceptors (Lipinski definition) is 11. The van der Waals surface area contributed by atoms with Crippen molar-refractivity contribution < 1.29 is 32.9 Å². The Bertz CT molecular complexity index is 1320. The summed E-state index contributed by atoms with van der Waals surface area (Å²) in [7, 11) is 1.62. The summed E-state index contributed by atoms with van der Waals surface area (Å²) in [6.45, 7) is 1.72. The highest BCUT2D eigenvalue weighted by Gasteiger charge is 2.32. The van der Waals surface area contributed by atoms with E-state index in [9.17, 15) is 24.0 Å². The Morgan fingerprint density at radius 2 is 2.02 bits per heavy atom. The van der Waals surface area contributed by atoms with Crippen LogP contribution in [0.5, 0.6) is 0 Å².